The van der Waals surface area contributed by atoms with Gasteiger partial charge < -0.3 is 0 Å². The van der Waals surface area contributed by atoms with Crippen LogP contribution >= 0.6 is 0 Å². The first-order valence-electron chi connectivity index (χ1n) is 4.91. The molecule has 0 aromatic rings. The van der Waals surface area contributed by atoms with E-state index in [1.807, 2.05) is 0 Å². The quantitative estimate of drug-likeness (QED) is 0.508. The summed E-state index contributed by atoms with van der Waals surface area (Å²) in [4.78, 5) is 11.6. The van der Waals surface area contributed by atoms with Crippen molar-refractivity contribution >= 4 is 5.78 Å². The Morgan fingerprint density at radius 1 is 1.09 bits per heavy atom. The minimum Gasteiger partial charge on any atom is -0.299 e. The lowest BCUT2D eigenvalue weighted by atomic mass is 9.56. The van der Waals surface area contributed by atoms with E-state index in [4.69, 9.17) is 0 Å². The average Bonchev–Trinajstić information content (AvgIpc) is 2.45. The van der Waals surface area contributed by atoms with Crippen LogP contribution in [0, 0.1) is 35.5 Å². The Morgan fingerprint density at radius 3 is 2.64 bits per heavy atom. The zero-order chi connectivity index (χ0) is 7.16. The molecule has 58 valence electrons. The van der Waals surface area contributed by atoms with Gasteiger partial charge in [-0.05, 0) is 42.9 Å². The van der Waals surface area contributed by atoms with Gasteiger partial charge in [-0.3, -0.25) is 4.79 Å². The van der Waals surface area contributed by atoms with Crippen LogP contribution in [0.25, 0.3) is 0 Å². The van der Waals surface area contributed by atoms with Crippen LogP contribution in [0.15, 0.2) is 0 Å². The largest absolute Gasteiger partial charge is 0.299 e. The molecule has 0 unspecified atom stereocenters. The first-order chi connectivity index (χ1) is 5.38. The van der Waals surface area contributed by atoms with E-state index in [1.165, 1.54) is 19.3 Å². The van der Waals surface area contributed by atoms with E-state index in [-0.39, 0.29) is 0 Å². The zero-order valence-electron chi connectivity index (χ0n) is 6.49. The van der Waals surface area contributed by atoms with Crippen molar-refractivity contribution in [2.75, 3.05) is 0 Å². The molecule has 0 N–H and O–H groups in total. The highest BCUT2D eigenvalue weighted by Gasteiger charge is 2.72. The lowest BCUT2D eigenvalue weighted by molar-refractivity contribution is -0.125. The molecule has 6 atom stereocenters. The maximum atomic E-state index is 11.6. The number of fused-ring (bicyclic) bond motifs is 3. The van der Waals surface area contributed by atoms with Crippen molar-refractivity contribution in [2.45, 2.75) is 19.3 Å². The van der Waals surface area contributed by atoms with Crippen molar-refractivity contribution in [1.82, 2.24) is 0 Å². The van der Waals surface area contributed by atoms with Gasteiger partial charge in [-0.15, -0.1) is 0 Å². The summed E-state index contributed by atoms with van der Waals surface area (Å²) >= 11 is 0. The van der Waals surface area contributed by atoms with Gasteiger partial charge in [-0.2, -0.15) is 0 Å². The molecule has 4 saturated carbocycles. The molecular weight excluding hydrogens is 136 g/mol. The van der Waals surface area contributed by atoms with Crippen molar-refractivity contribution in [3.63, 3.8) is 0 Å². The number of ketones is 1. The smallest absolute Gasteiger partial charge is 0.139 e. The fourth-order valence-corrected chi connectivity index (χ4v) is 4.76. The van der Waals surface area contributed by atoms with Crippen LogP contribution in [0.2, 0.25) is 0 Å². The van der Waals surface area contributed by atoms with Crippen LogP contribution in [0.3, 0.4) is 0 Å². The molecule has 4 rings (SSSR count). The highest BCUT2D eigenvalue weighted by Crippen LogP contribution is 2.72. The molecule has 2 bridgehead atoms. The van der Waals surface area contributed by atoms with E-state index in [9.17, 15) is 4.79 Å². The predicted octanol–water partition coefficient (Wildman–Crippen LogP) is 1.48. The Hall–Kier alpha value is -0.330. The van der Waals surface area contributed by atoms with E-state index >= 15 is 0 Å². The van der Waals surface area contributed by atoms with E-state index in [1.54, 1.807) is 0 Å². The molecule has 0 radical (unpaired) electrons. The molecule has 0 aliphatic heterocycles. The number of carbonyl (C=O) groups excluding carboxylic acids is 1. The van der Waals surface area contributed by atoms with Crippen LogP contribution in [0.1, 0.15) is 19.3 Å². The van der Waals surface area contributed by atoms with Crippen LogP contribution in [-0.2, 0) is 4.79 Å². The van der Waals surface area contributed by atoms with E-state index in [2.05, 4.69) is 0 Å². The summed E-state index contributed by atoms with van der Waals surface area (Å²) in [6.07, 6.45) is 4.13. The maximum Gasteiger partial charge on any atom is 0.139 e. The molecule has 0 heterocycles. The van der Waals surface area contributed by atoms with Gasteiger partial charge >= 0.3 is 0 Å². The normalized spacial score (nSPS) is 68.9. The monoisotopic (exact) mass is 148 g/mol. The fourth-order valence-electron chi connectivity index (χ4n) is 4.76. The number of Topliss-reactive ketones (excluding diaryl/α,β-unsaturated/α-hetero) is 1. The summed E-state index contributed by atoms with van der Waals surface area (Å²) in [5.41, 5.74) is 0. The van der Waals surface area contributed by atoms with Crippen molar-refractivity contribution in [3.8, 4) is 0 Å². The Kier molecular flexibility index (Phi) is 0.630. The molecule has 0 amide bonds. The van der Waals surface area contributed by atoms with Gasteiger partial charge in [0.05, 0.1) is 0 Å². The third-order valence-electron chi connectivity index (χ3n) is 4.98. The molecule has 4 aliphatic rings. The molecule has 0 spiro atoms. The molecular formula is C10H12O. The van der Waals surface area contributed by atoms with Crippen LogP contribution in [0.5, 0.6) is 0 Å². The molecule has 4 aliphatic carbocycles. The van der Waals surface area contributed by atoms with Gasteiger partial charge in [0.1, 0.15) is 5.78 Å². The molecule has 0 saturated heterocycles. The summed E-state index contributed by atoms with van der Waals surface area (Å²) < 4.78 is 0. The number of rotatable bonds is 0. The number of carbonyl (C=O) groups is 1. The van der Waals surface area contributed by atoms with Gasteiger partial charge in [0.15, 0.2) is 0 Å². The second-order valence-corrected chi connectivity index (χ2v) is 4.92. The minimum atomic E-state index is 0.550. The van der Waals surface area contributed by atoms with Crippen molar-refractivity contribution in [3.05, 3.63) is 0 Å². The fraction of sp³-hybridized carbons (Fsp3) is 0.900. The Labute approximate surface area is 66.2 Å². The third kappa shape index (κ3) is 0.344. The predicted molar refractivity (Wildman–Crippen MR) is 39.8 cm³/mol. The van der Waals surface area contributed by atoms with Crippen LogP contribution < -0.4 is 0 Å². The summed E-state index contributed by atoms with van der Waals surface area (Å²) in [6.45, 7) is 0. The zero-order valence-corrected chi connectivity index (χ0v) is 6.49. The Bertz CT molecular complexity index is 250. The summed E-state index contributed by atoms with van der Waals surface area (Å²) in [7, 11) is 0. The summed E-state index contributed by atoms with van der Waals surface area (Å²) in [5, 5.41) is 0. The maximum absolute atomic E-state index is 11.6. The minimum absolute atomic E-state index is 0.550. The molecule has 11 heavy (non-hydrogen) atoms. The van der Waals surface area contributed by atoms with Gasteiger partial charge in [0.2, 0.25) is 0 Å². The molecule has 1 heteroatoms. The molecule has 0 aromatic carbocycles. The lowest BCUT2D eigenvalue weighted by Gasteiger charge is -2.47. The van der Waals surface area contributed by atoms with Gasteiger partial charge in [0, 0.05) is 11.8 Å². The first-order valence-corrected chi connectivity index (χ1v) is 4.91. The van der Waals surface area contributed by atoms with Crippen LogP contribution in [-0.4, -0.2) is 5.78 Å². The van der Waals surface area contributed by atoms with E-state index in [0.717, 1.165) is 23.7 Å². The molecule has 4 fully saturated rings. The lowest BCUT2D eigenvalue weighted by Crippen LogP contribution is -2.44. The highest BCUT2D eigenvalue weighted by atomic mass is 16.1. The first kappa shape index (κ1) is 5.34. The Balaban J connectivity index is 1.94. The Morgan fingerprint density at radius 2 is 1.91 bits per heavy atom. The number of hydrogen-bond donors (Lipinski definition) is 0. The third-order valence-corrected chi connectivity index (χ3v) is 4.98. The van der Waals surface area contributed by atoms with Crippen molar-refractivity contribution < 1.29 is 4.79 Å². The van der Waals surface area contributed by atoms with Gasteiger partial charge in [0.25, 0.3) is 0 Å². The average molecular weight is 148 g/mol. The summed E-state index contributed by atoms with van der Waals surface area (Å²) in [6, 6.07) is 0. The molecule has 1 nitrogen and oxygen atoms in total. The van der Waals surface area contributed by atoms with Crippen LogP contribution in [0.4, 0.5) is 0 Å². The van der Waals surface area contributed by atoms with Crippen molar-refractivity contribution in [1.29, 1.82) is 0 Å². The topological polar surface area (TPSA) is 17.1 Å². The highest BCUT2D eigenvalue weighted by molar-refractivity contribution is 5.90. The standard InChI is InChI=1S/C10H12O/c11-10-7-3-6-4-1-2-5(7)8(4)9(6)10/h4-9H,1-3H2/t4-,5+,6+,7-,8-,9-/m0/s1. The second kappa shape index (κ2) is 1.30. The van der Waals surface area contributed by atoms with E-state index in [0.29, 0.717) is 17.6 Å². The van der Waals surface area contributed by atoms with Gasteiger partial charge in [-0.25, -0.2) is 0 Å². The SMILES string of the molecule is O=C1[C@H]2[C@@H]3C[C@H]1[C@H]1CC[C@@H]3[C@@H]12. The van der Waals surface area contributed by atoms with Gasteiger partial charge in [-0.1, -0.05) is 0 Å². The molecule has 0 aromatic heterocycles. The summed E-state index contributed by atoms with van der Waals surface area (Å²) in [5.74, 6) is 5.44. The number of hydrogen-bond acceptors (Lipinski definition) is 1. The second-order valence-electron chi connectivity index (χ2n) is 4.92. The van der Waals surface area contributed by atoms with Crippen molar-refractivity contribution in [2.24, 2.45) is 35.5 Å². The van der Waals surface area contributed by atoms with E-state index < -0.39 is 0 Å².